The van der Waals surface area contributed by atoms with Gasteiger partial charge in [0.2, 0.25) is 6.10 Å². The van der Waals surface area contributed by atoms with Gasteiger partial charge in [-0.1, -0.05) is 48.5 Å². The number of esters is 1. The van der Waals surface area contributed by atoms with Gasteiger partial charge in [-0.3, -0.25) is 4.79 Å². The minimum absolute atomic E-state index is 0.412. The maximum absolute atomic E-state index is 13.3. The summed E-state index contributed by atoms with van der Waals surface area (Å²) in [7, 11) is 1.53. The van der Waals surface area contributed by atoms with Crippen LogP contribution in [0.4, 0.5) is 10.1 Å². The van der Waals surface area contributed by atoms with Crippen molar-refractivity contribution in [1.82, 2.24) is 0 Å². The summed E-state index contributed by atoms with van der Waals surface area (Å²) < 4.78 is 23.9. The van der Waals surface area contributed by atoms with E-state index in [1.807, 2.05) is 0 Å². The molecule has 1 amide bonds. The second kappa shape index (κ2) is 10.0. The monoisotopic (exact) mass is 405 g/mol. The summed E-state index contributed by atoms with van der Waals surface area (Å²) in [6.45, 7) is 0. The zero-order valence-electron chi connectivity index (χ0n) is 16.2. The topological polar surface area (TPSA) is 64.6 Å². The van der Waals surface area contributed by atoms with E-state index in [0.717, 1.165) is 6.08 Å². The molecule has 0 aliphatic rings. The minimum atomic E-state index is -1.16. The molecule has 0 aliphatic heterocycles. The van der Waals surface area contributed by atoms with Crippen molar-refractivity contribution in [1.29, 1.82) is 0 Å². The first-order valence-corrected chi connectivity index (χ1v) is 9.19. The SMILES string of the molecule is COc1cccc(NC(=O)C(OC(=O)/C=C/c2cccc(F)c2)c2ccccc2)c1. The molecule has 0 aliphatic carbocycles. The molecule has 0 saturated heterocycles. The molecular weight excluding hydrogens is 385 g/mol. The highest BCUT2D eigenvalue weighted by molar-refractivity contribution is 5.97. The summed E-state index contributed by atoms with van der Waals surface area (Å²) in [5.41, 5.74) is 1.53. The summed E-state index contributed by atoms with van der Waals surface area (Å²) in [4.78, 5) is 25.2. The normalized spacial score (nSPS) is 11.7. The minimum Gasteiger partial charge on any atom is -0.497 e. The van der Waals surface area contributed by atoms with E-state index < -0.39 is 23.8 Å². The lowest BCUT2D eigenvalue weighted by Gasteiger charge is -2.17. The summed E-state index contributed by atoms with van der Waals surface area (Å²) in [6.07, 6.45) is 1.42. The van der Waals surface area contributed by atoms with E-state index in [2.05, 4.69) is 5.32 Å². The van der Waals surface area contributed by atoms with Crippen molar-refractivity contribution in [3.05, 3.63) is 102 Å². The van der Waals surface area contributed by atoms with Gasteiger partial charge in [-0.05, 0) is 35.9 Å². The molecule has 152 valence electrons. The van der Waals surface area contributed by atoms with E-state index in [0.29, 0.717) is 22.6 Å². The molecule has 3 aromatic carbocycles. The Hall–Kier alpha value is -3.93. The van der Waals surface area contributed by atoms with E-state index in [9.17, 15) is 14.0 Å². The van der Waals surface area contributed by atoms with Crippen LogP contribution in [-0.2, 0) is 14.3 Å². The number of hydrogen-bond acceptors (Lipinski definition) is 4. The maximum atomic E-state index is 13.3. The summed E-state index contributed by atoms with van der Waals surface area (Å²) in [6, 6.07) is 21.3. The maximum Gasteiger partial charge on any atom is 0.331 e. The van der Waals surface area contributed by atoms with Crippen LogP contribution in [0.5, 0.6) is 5.75 Å². The molecule has 30 heavy (non-hydrogen) atoms. The number of anilines is 1. The molecule has 0 radical (unpaired) electrons. The van der Waals surface area contributed by atoms with Crippen molar-refractivity contribution < 1.29 is 23.5 Å². The zero-order chi connectivity index (χ0) is 21.3. The highest BCUT2D eigenvalue weighted by Crippen LogP contribution is 2.22. The second-order valence-electron chi connectivity index (χ2n) is 6.34. The Bertz CT molecular complexity index is 1050. The highest BCUT2D eigenvalue weighted by Gasteiger charge is 2.24. The van der Waals surface area contributed by atoms with Gasteiger partial charge in [0.15, 0.2) is 0 Å². The van der Waals surface area contributed by atoms with Gasteiger partial charge in [0, 0.05) is 23.4 Å². The molecule has 1 unspecified atom stereocenters. The molecule has 3 aromatic rings. The van der Waals surface area contributed by atoms with Gasteiger partial charge < -0.3 is 14.8 Å². The average molecular weight is 405 g/mol. The summed E-state index contributed by atoms with van der Waals surface area (Å²) in [5, 5.41) is 2.73. The smallest absolute Gasteiger partial charge is 0.331 e. The van der Waals surface area contributed by atoms with Crippen LogP contribution >= 0.6 is 0 Å². The Balaban J connectivity index is 1.77. The molecule has 0 fully saturated rings. The molecule has 0 saturated carbocycles. The number of rotatable bonds is 7. The largest absolute Gasteiger partial charge is 0.497 e. The van der Waals surface area contributed by atoms with E-state index in [1.165, 1.54) is 31.4 Å². The van der Waals surface area contributed by atoms with Gasteiger partial charge in [-0.15, -0.1) is 0 Å². The Morgan fingerprint density at radius 2 is 1.73 bits per heavy atom. The van der Waals surface area contributed by atoms with Gasteiger partial charge in [0.1, 0.15) is 11.6 Å². The fourth-order valence-corrected chi connectivity index (χ4v) is 2.74. The van der Waals surface area contributed by atoms with Gasteiger partial charge in [0.05, 0.1) is 7.11 Å². The van der Waals surface area contributed by atoms with Gasteiger partial charge in [-0.2, -0.15) is 0 Å². The highest BCUT2D eigenvalue weighted by atomic mass is 19.1. The van der Waals surface area contributed by atoms with Crippen molar-refractivity contribution in [2.45, 2.75) is 6.10 Å². The lowest BCUT2D eigenvalue weighted by atomic mass is 10.1. The van der Waals surface area contributed by atoms with Crippen molar-refractivity contribution in [2.24, 2.45) is 0 Å². The van der Waals surface area contributed by atoms with Crippen LogP contribution in [0.25, 0.3) is 6.08 Å². The van der Waals surface area contributed by atoms with Crippen LogP contribution in [0.3, 0.4) is 0 Å². The number of carbonyl (C=O) groups is 2. The van der Waals surface area contributed by atoms with Crippen LogP contribution in [-0.4, -0.2) is 19.0 Å². The lowest BCUT2D eigenvalue weighted by Crippen LogP contribution is -2.25. The number of amides is 1. The summed E-state index contributed by atoms with van der Waals surface area (Å²) >= 11 is 0. The molecular formula is C24H20FNO4. The molecule has 0 aromatic heterocycles. The van der Waals surface area contributed by atoms with Crippen LogP contribution in [0.2, 0.25) is 0 Å². The summed E-state index contributed by atoms with van der Waals surface area (Å²) in [5.74, 6) is -1.07. The predicted octanol–water partition coefficient (Wildman–Crippen LogP) is 4.77. The van der Waals surface area contributed by atoms with Gasteiger partial charge >= 0.3 is 5.97 Å². The third-order valence-electron chi connectivity index (χ3n) is 4.17. The van der Waals surface area contributed by atoms with E-state index in [4.69, 9.17) is 9.47 Å². The molecule has 3 rings (SSSR count). The molecule has 1 atom stereocenters. The first kappa shape index (κ1) is 20.8. The number of nitrogens with one attached hydrogen (secondary N) is 1. The van der Waals surface area contributed by atoms with Gasteiger partial charge in [-0.25, -0.2) is 9.18 Å². The fraction of sp³-hybridized carbons (Fsp3) is 0.0833. The van der Waals surface area contributed by atoms with Crippen LogP contribution in [0.1, 0.15) is 17.2 Å². The number of methoxy groups -OCH3 is 1. The van der Waals surface area contributed by atoms with Crippen molar-refractivity contribution in [3.63, 3.8) is 0 Å². The van der Waals surface area contributed by atoms with Crippen LogP contribution < -0.4 is 10.1 Å². The fourth-order valence-electron chi connectivity index (χ4n) is 2.74. The third kappa shape index (κ3) is 5.78. The quantitative estimate of drug-likeness (QED) is 0.454. The molecule has 0 spiro atoms. The average Bonchev–Trinajstić information content (AvgIpc) is 2.76. The first-order valence-electron chi connectivity index (χ1n) is 9.19. The first-order chi connectivity index (χ1) is 14.5. The van der Waals surface area contributed by atoms with Crippen LogP contribution in [0.15, 0.2) is 84.9 Å². The number of benzene rings is 3. The number of hydrogen-bond donors (Lipinski definition) is 1. The van der Waals surface area contributed by atoms with Crippen LogP contribution in [0, 0.1) is 5.82 Å². The Morgan fingerprint density at radius 3 is 2.47 bits per heavy atom. The number of carbonyl (C=O) groups excluding carboxylic acids is 2. The molecule has 0 heterocycles. The van der Waals surface area contributed by atoms with E-state index in [-0.39, 0.29) is 0 Å². The van der Waals surface area contributed by atoms with Gasteiger partial charge in [0.25, 0.3) is 5.91 Å². The van der Waals surface area contributed by atoms with Crippen molar-refractivity contribution in [3.8, 4) is 5.75 Å². The molecule has 1 N–H and O–H groups in total. The number of halogens is 1. The number of ether oxygens (including phenoxy) is 2. The van der Waals surface area contributed by atoms with Crippen molar-refractivity contribution >= 4 is 23.6 Å². The van der Waals surface area contributed by atoms with Crippen molar-refractivity contribution in [2.75, 3.05) is 12.4 Å². The lowest BCUT2D eigenvalue weighted by molar-refractivity contribution is -0.149. The third-order valence-corrected chi connectivity index (χ3v) is 4.17. The van der Waals surface area contributed by atoms with E-state index in [1.54, 1.807) is 60.7 Å². The predicted molar refractivity (Wildman–Crippen MR) is 112 cm³/mol. The molecule has 6 heteroatoms. The zero-order valence-corrected chi connectivity index (χ0v) is 16.2. The molecule has 0 bridgehead atoms. The standard InChI is InChI=1S/C24H20FNO4/c1-29-21-12-6-11-20(16-21)26-24(28)23(18-8-3-2-4-9-18)30-22(27)14-13-17-7-5-10-19(25)15-17/h2-16,23H,1H3,(H,26,28)/b14-13+. The van der Waals surface area contributed by atoms with E-state index >= 15 is 0 Å². The Morgan fingerprint density at radius 1 is 0.967 bits per heavy atom. The molecule has 5 nitrogen and oxygen atoms in total. The Labute approximate surface area is 173 Å². The Kier molecular flexibility index (Phi) is 6.95. The second-order valence-corrected chi connectivity index (χ2v) is 6.34.